The highest BCUT2D eigenvalue weighted by molar-refractivity contribution is 7.91. The molecule has 3 rings (SSSR count). The molecule has 1 N–H and O–H groups in total. The van der Waals surface area contributed by atoms with E-state index in [1.807, 2.05) is 4.90 Å². The second-order valence-corrected chi connectivity index (χ2v) is 9.17. The van der Waals surface area contributed by atoms with Crippen LogP contribution in [-0.2, 0) is 9.84 Å². The van der Waals surface area contributed by atoms with Crippen LogP contribution in [0.4, 0.5) is 4.79 Å². The first kappa shape index (κ1) is 16.1. The molecule has 0 bridgehead atoms. The second kappa shape index (κ2) is 6.74. The lowest BCUT2D eigenvalue weighted by Gasteiger charge is -2.37. The third-order valence-electron chi connectivity index (χ3n) is 5.21. The molecule has 0 spiro atoms. The quantitative estimate of drug-likeness (QED) is 0.827. The molecule has 126 valence electrons. The van der Waals surface area contributed by atoms with Gasteiger partial charge in [-0.2, -0.15) is 0 Å². The molecular formula is C15H27N3O3S. The van der Waals surface area contributed by atoms with Crippen LogP contribution < -0.4 is 5.32 Å². The number of carbonyl (C=O) groups excluding carboxylic acids is 1. The van der Waals surface area contributed by atoms with Crippen LogP contribution in [0, 0.1) is 5.92 Å². The van der Waals surface area contributed by atoms with Gasteiger partial charge in [0.1, 0.15) is 0 Å². The fraction of sp³-hybridized carbons (Fsp3) is 0.933. The van der Waals surface area contributed by atoms with Crippen molar-refractivity contribution in [2.45, 2.75) is 38.1 Å². The summed E-state index contributed by atoms with van der Waals surface area (Å²) in [5, 5.41) is 2.95. The molecule has 22 heavy (non-hydrogen) atoms. The Labute approximate surface area is 133 Å². The van der Waals surface area contributed by atoms with Gasteiger partial charge in [0.15, 0.2) is 9.84 Å². The maximum Gasteiger partial charge on any atom is 0.317 e. The minimum atomic E-state index is -2.86. The van der Waals surface area contributed by atoms with Crippen LogP contribution in [0.25, 0.3) is 0 Å². The van der Waals surface area contributed by atoms with E-state index >= 15 is 0 Å². The molecule has 0 aliphatic carbocycles. The first-order chi connectivity index (χ1) is 10.5. The van der Waals surface area contributed by atoms with Crippen LogP contribution in [0.1, 0.15) is 32.1 Å². The second-order valence-electron chi connectivity index (χ2n) is 6.94. The molecule has 3 saturated heterocycles. The third kappa shape index (κ3) is 3.93. The van der Waals surface area contributed by atoms with Crippen LogP contribution in [0.2, 0.25) is 0 Å². The summed E-state index contributed by atoms with van der Waals surface area (Å²) in [6.45, 7) is 4.46. The summed E-state index contributed by atoms with van der Waals surface area (Å²) in [6, 6.07) is 0.488. The van der Waals surface area contributed by atoms with Crippen LogP contribution >= 0.6 is 0 Å². The number of nitrogens with one attached hydrogen (secondary N) is 1. The van der Waals surface area contributed by atoms with E-state index in [1.54, 1.807) is 0 Å². The van der Waals surface area contributed by atoms with E-state index in [2.05, 4.69) is 10.2 Å². The number of sulfone groups is 1. The Balaban J connectivity index is 1.45. The standard InChI is InChI=1S/C15H27N3O3S/c19-15(16-10-13-5-9-22(20,21)12-13)18-8-3-4-14(11-18)17-6-1-2-7-17/h13-14H,1-12H2,(H,16,19)/t13-,14-/m0/s1. The molecule has 0 aromatic heterocycles. The van der Waals surface area contributed by atoms with Crippen molar-refractivity contribution in [2.75, 3.05) is 44.2 Å². The van der Waals surface area contributed by atoms with E-state index in [4.69, 9.17) is 0 Å². The normalized spacial score (nSPS) is 32.3. The van der Waals surface area contributed by atoms with Gasteiger partial charge in [0.2, 0.25) is 0 Å². The van der Waals surface area contributed by atoms with Gasteiger partial charge in [-0.15, -0.1) is 0 Å². The van der Waals surface area contributed by atoms with Crippen molar-refractivity contribution in [1.82, 2.24) is 15.1 Å². The Morgan fingerprint density at radius 3 is 2.55 bits per heavy atom. The molecule has 2 atom stereocenters. The number of nitrogens with zero attached hydrogens (tertiary/aromatic N) is 2. The lowest BCUT2D eigenvalue weighted by Crippen LogP contribution is -2.52. The molecule has 3 heterocycles. The Morgan fingerprint density at radius 1 is 1.09 bits per heavy atom. The molecular weight excluding hydrogens is 302 g/mol. The Bertz CT molecular complexity index is 502. The highest BCUT2D eigenvalue weighted by Gasteiger charge is 2.31. The van der Waals surface area contributed by atoms with Crippen LogP contribution in [0.5, 0.6) is 0 Å². The van der Waals surface area contributed by atoms with Gasteiger partial charge < -0.3 is 10.2 Å². The van der Waals surface area contributed by atoms with Crippen molar-refractivity contribution >= 4 is 15.9 Å². The lowest BCUT2D eigenvalue weighted by atomic mass is 10.0. The van der Waals surface area contributed by atoms with Gasteiger partial charge in [0, 0.05) is 25.7 Å². The third-order valence-corrected chi connectivity index (χ3v) is 7.05. The number of hydrogen-bond donors (Lipinski definition) is 1. The highest BCUT2D eigenvalue weighted by atomic mass is 32.2. The van der Waals surface area contributed by atoms with Crippen LogP contribution in [0.3, 0.4) is 0 Å². The van der Waals surface area contributed by atoms with Gasteiger partial charge in [0.25, 0.3) is 0 Å². The molecule has 0 aromatic carbocycles. The van der Waals surface area contributed by atoms with Crippen molar-refractivity contribution in [3.8, 4) is 0 Å². The predicted octanol–water partition coefficient (Wildman–Crippen LogP) is 0.691. The average Bonchev–Trinajstić information content (AvgIpc) is 3.14. The number of hydrogen-bond acceptors (Lipinski definition) is 4. The average molecular weight is 329 g/mol. The van der Waals surface area contributed by atoms with Gasteiger partial charge >= 0.3 is 6.03 Å². The van der Waals surface area contributed by atoms with Crippen LogP contribution in [0.15, 0.2) is 0 Å². The summed E-state index contributed by atoms with van der Waals surface area (Å²) in [5.74, 6) is 0.589. The van der Waals surface area contributed by atoms with Gasteiger partial charge in [-0.1, -0.05) is 0 Å². The summed E-state index contributed by atoms with van der Waals surface area (Å²) >= 11 is 0. The largest absolute Gasteiger partial charge is 0.338 e. The number of amides is 2. The summed E-state index contributed by atoms with van der Waals surface area (Å²) in [7, 11) is -2.86. The van der Waals surface area contributed by atoms with Crippen molar-refractivity contribution in [3.63, 3.8) is 0 Å². The number of piperidine rings is 1. The minimum Gasteiger partial charge on any atom is -0.338 e. The number of carbonyl (C=O) groups is 1. The SMILES string of the molecule is O=C(NC[C@@H]1CCS(=O)(=O)C1)N1CCC[C@H](N2CCCC2)C1. The van der Waals surface area contributed by atoms with Crippen molar-refractivity contribution in [3.05, 3.63) is 0 Å². The molecule has 3 aliphatic rings. The monoisotopic (exact) mass is 329 g/mol. The summed E-state index contributed by atoms with van der Waals surface area (Å²) < 4.78 is 22.9. The van der Waals surface area contributed by atoms with Gasteiger partial charge in [-0.3, -0.25) is 4.90 Å². The van der Waals surface area contributed by atoms with E-state index < -0.39 is 9.84 Å². The van der Waals surface area contributed by atoms with E-state index in [0.717, 1.165) is 19.5 Å². The molecule has 0 radical (unpaired) electrons. The molecule has 7 heteroatoms. The zero-order valence-electron chi connectivity index (χ0n) is 13.2. The van der Waals surface area contributed by atoms with E-state index in [-0.39, 0.29) is 23.5 Å². The maximum absolute atomic E-state index is 12.3. The molecule has 3 aliphatic heterocycles. The zero-order valence-corrected chi connectivity index (χ0v) is 14.0. The van der Waals surface area contributed by atoms with Crippen molar-refractivity contribution < 1.29 is 13.2 Å². The zero-order chi connectivity index (χ0) is 15.6. The Morgan fingerprint density at radius 2 is 1.86 bits per heavy atom. The highest BCUT2D eigenvalue weighted by Crippen LogP contribution is 2.21. The first-order valence-electron chi connectivity index (χ1n) is 8.51. The van der Waals surface area contributed by atoms with Crippen LogP contribution in [-0.4, -0.2) is 74.5 Å². The molecule has 3 fully saturated rings. The van der Waals surface area contributed by atoms with Gasteiger partial charge in [0.05, 0.1) is 11.5 Å². The Kier molecular flexibility index (Phi) is 4.92. The van der Waals surface area contributed by atoms with E-state index in [9.17, 15) is 13.2 Å². The smallest absolute Gasteiger partial charge is 0.317 e. The summed E-state index contributed by atoms with van der Waals surface area (Å²) in [4.78, 5) is 16.8. The lowest BCUT2D eigenvalue weighted by molar-refractivity contribution is 0.125. The fourth-order valence-corrected chi connectivity index (χ4v) is 5.78. The first-order valence-corrected chi connectivity index (χ1v) is 10.3. The molecule has 0 unspecified atom stereocenters. The molecule has 0 aromatic rings. The molecule has 0 saturated carbocycles. The minimum absolute atomic E-state index is 0.0202. The van der Waals surface area contributed by atoms with Crippen molar-refractivity contribution in [1.29, 1.82) is 0 Å². The van der Waals surface area contributed by atoms with E-state index in [1.165, 1.54) is 32.4 Å². The van der Waals surface area contributed by atoms with E-state index in [0.29, 0.717) is 19.0 Å². The molecule has 6 nitrogen and oxygen atoms in total. The van der Waals surface area contributed by atoms with Gasteiger partial charge in [-0.25, -0.2) is 13.2 Å². The summed E-state index contributed by atoms with van der Waals surface area (Å²) in [5.41, 5.74) is 0. The predicted molar refractivity (Wildman–Crippen MR) is 85.6 cm³/mol. The molecule has 2 amide bonds. The number of likely N-dealkylation sites (tertiary alicyclic amines) is 2. The fourth-order valence-electron chi connectivity index (χ4n) is 3.92. The maximum atomic E-state index is 12.3. The number of urea groups is 1. The Hall–Kier alpha value is -0.820. The number of rotatable bonds is 3. The topological polar surface area (TPSA) is 69.7 Å². The van der Waals surface area contributed by atoms with Crippen molar-refractivity contribution in [2.24, 2.45) is 5.92 Å². The summed E-state index contributed by atoms with van der Waals surface area (Å²) in [6.07, 6.45) is 5.48. The van der Waals surface area contributed by atoms with Gasteiger partial charge in [-0.05, 0) is 51.1 Å².